The van der Waals surface area contributed by atoms with Crippen LogP contribution in [-0.2, 0) is 9.53 Å². The number of ether oxygens (including phenoxy) is 1. The molecule has 1 aromatic carbocycles. The minimum Gasteiger partial charge on any atom is -0.481 e. The van der Waals surface area contributed by atoms with Crippen molar-refractivity contribution in [1.29, 1.82) is 0 Å². The van der Waals surface area contributed by atoms with E-state index in [2.05, 4.69) is 0 Å². The number of rotatable bonds is 4. The predicted molar refractivity (Wildman–Crippen MR) is 65.1 cm³/mol. The van der Waals surface area contributed by atoms with E-state index in [0.717, 1.165) is 30.6 Å². The van der Waals surface area contributed by atoms with Gasteiger partial charge in [-0.15, -0.1) is 0 Å². The molecule has 1 N–H and O–H groups in total. The Hall–Kier alpha value is -1.35. The highest BCUT2D eigenvalue weighted by molar-refractivity contribution is 5.76. The number of aliphatic carboxylic acids is 1. The molecule has 2 unspecified atom stereocenters. The number of carbonyl (C=O) groups is 1. The van der Waals surface area contributed by atoms with Gasteiger partial charge in [0.05, 0.1) is 12.0 Å². The molecule has 1 aromatic rings. The highest BCUT2D eigenvalue weighted by Crippen LogP contribution is 2.29. The summed E-state index contributed by atoms with van der Waals surface area (Å²) in [4.78, 5) is 11.4. The van der Waals surface area contributed by atoms with E-state index in [9.17, 15) is 9.90 Å². The molecule has 1 heterocycles. The first-order chi connectivity index (χ1) is 8.18. The Morgan fingerprint density at radius 1 is 1.53 bits per heavy atom. The van der Waals surface area contributed by atoms with Gasteiger partial charge in [0.1, 0.15) is 0 Å². The molecular formula is C14H18O3. The Morgan fingerprint density at radius 3 is 2.88 bits per heavy atom. The van der Waals surface area contributed by atoms with E-state index >= 15 is 0 Å². The second-order valence-corrected chi connectivity index (χ2v) is 4.62. The second-order valence-electron chi connectivity index (χ2n) is 4.62. The average Bonchev–Trinajstić information content (AvgIpc) is 2.79. The van der Waals surface area contributed by atoms with Crippen LogP contribution in [0, 0.1) is 6.92 Å². The summed E-state index contributed by atoms with van der Waals surface area (Å²) in [5, 5.41) is 9.36. The van der Waals surface area contributed by atoms with Crippen LogP contribution in [-0.4, -0.2) is 23.8 Å². The van der Waals surface area contributed by atoms with Gasteiger partial charge in [-0.3, -0.25) is 4.79 Å². The maximum atomic E-state index is 11.4. The van der Waals surface area contributed by atoms with Crippen molar-refractivity contribution < 1.29 is 14.6 Å². The highest BCUT2D eigenvalue weighted by atomic mass is 16.5. The van der Waals surface area contributed by atoms with Gasteiger partial charge in [-0.25, -0.2) is 0 Å². The minimum atomic E-state index is -0.755. The first-order valence-corrected chi connectivity index (χ1v) is 6.08. The van der Waals surface area contributed by atoms with E-state index in [4.69, 9.17) is 4.74 Å². The van der Waals surface area contributed by atoms with Gasteiger partial charge in [-0.1, -0.05) is 24.3 Å². The molecule has 1 aliphatic rings. The topological polar surface area (TPSA) is 46.5 Å². The molecule has 0 radical (unpaired) electrons. The Morgan fingerprint density at radius 2 is 2.29 bits per heavy atom. The zero-order valence-electron chi connectivity index (χ0n) is 10.1. The standard InChI is InChI=1S/C14H18O3/c1-10-5-2-3-7-12(10)13(14(15)16)9-11-6-4-8-17-11/h2-3,5,7,11,13H,4,6,8-9H2,1H3,(H,15,16). The summed E-state index contributed by atoms with van der Waals surface area (Å²) in [6, 6.07) is 7.70. The summed E-state index contributed by atoms with van der Waals surface area (Å²) in [5.41, 5.74) is 1.95. The zero-order chi connectivity index (χ0) is 12.3. The molecule has 0 aliphatic carbocycles. The van der Waals surface area contributed by atoms with E-state index in [1.54, 1.807) is 0 Å². The molecule has 2 rings (SSSR count). The van der Waals surface area contributed by atoms with Crippen molar-refractivity contribution in [2.45, 2.75) is 38.2 Å². The van der Waals surface area contributed by atoms with Crippen LogP contribution >= 0.6 is 0 Å². The Bertz CT molecular complexity index is 394. The molecule has 92 valence electrons. The third-order valence-corrected chi connectivity index (χ3v) is 3.38. The number of aryl methyl sites for hydroxylation is 1. The molecule has 0 aromatic heterocycles. The molecule has 2 atom stereocenters. The van der Waals surface area contributed by atoms with Crippen LogP contribution in [0.2, 0.25) is 0 Å². The van der Waals surface area contributed by atoms with Crippen LogP contribution in [0.5, 0.6) is 0 Å². The third kappa shape index (κ3) is 2.86. The molecule has 0 bridgehead atoms. The fourth-order valence-corrected chi connectivity index (χ4v) is 2.43. The SMILES string of the molecule is Cc1ccccc1C(CC1CCCO1)C(=O)O. The summed E-state index contributed by atoms with van der Waals surface area (Å²) in [6.45, 7) is 2.73. The number of carboxylic acid groups (broad SMARTS) is 1. The van der Waals surface area contributed by atoms with Crippen molar-refractivity contribution in [1.82, 2.24) is 0 Å². The smallest absolute Gasteiger partial charge is 0.311 e. The van der Waals surface area contributed by atoms with Gasteiger partial charge in [0.15, 0.2) is 0 Å². The van der Waals surface area contributed by atoms with Crippen LogP contribution < -0.4 is 0 Å². The maximum absolute atomic E-state index is 11.4. The first-order valence-electron chi connectivity index (χ1n) is 6.08. The molecule has 1 saturated heterocycles. The molecule has 1 aliphatic heterocycles. The number of hydrogen-bond donors (Lipinski definition) is 1. The van der Waals surface area contributed by atoms with Crippen LogP contribution in [0.4, 0.5) is 0 Å². The normalized spacial score (nSPS) is 21.4. The van der Waals surface area contributed by atoms with Crippen molar-refractivity contribution in [3.05, 3.63) is 35.4 Å². The summed E-state index contributed by atoms with van der Waals surface area (Å²) < 4.78 is 5.53. The lowest BCUT2D eigenvalue weighted by molar-refractivity contribution is -0.139. The Balaban J connectivity index is 2.17. The average molecular weight is 234 g/mol. The summed E-state index contributed by atoms with van der Waals surface area (Å²) in [6.07, 6.45) is 2.72. The van der Waals surface area contributed by atoms with Crippen molar-refractivity contribution >= 4 is 5.97 Å². The van der Waals surface area contributed by atoms with Gasteiger partial charge in [0.2, 0.25) is 0 Å². The minimum absolute atomic E-state index is 0.107. The number of benzene rings is 1. The lowest BCUT2D eigenvalue weighted by Gasteiger charge is -2.18. The van der Waals surface area contributed by atoms with Gasteiger partial charge in [-0.05, 0) is 37.3 Å². The lowest BCUT2D eigenvalue weighted by Crippen LogP contribution is -2.19. The van der Waals surface area contributed by atoms with E-state index in [1.165, 1.54) is 0 Å². The number of carboxylic acids is 1. The van der Waals surface area contributed by atoms with E-state index < -0.39 is 11.9 Å². The van der Waals surface area contributed by atoms with Crippen molar-refractivity contribution in [2.75, 3.05) is 6.61 Å². The highest BCUT2D eigenvalue weighted by Gasteiger charge is 2.27. The van der Waals surface area contributed by atoms with E-state index in [1.807, 2.05) is 31.2 Å². The van der Waals surface area contributed by atoms with Crippen LogP contribution in [0.25, 0.3) is 0 Å². The fourth-order valence-electron chi connectivity index (χ4n) is 2.43. The van der Waals surface area contributed by atoms with Gasteiger partial charge in [-0.2, -0.15) is 0 Å². The van der Waals surface area contributed by atoms with Crippen LogP contribution in [0.15, 0.2) is 24.3 Å². The predicted octanol–water partition coefficient (Wildman–Crippen LogP) is 2.73. The molecule has 0 saturated carbocycles. The van der Waals surface area contributed by atoms with Crippen LogP contribution in [0.1, 0.15) is 36.3 Å². The largest absolute Gasteiger partial charge is 0.481 e. The van der Waals surface area contributed by atoms with Crippen molar-refractivity contribution in [2.24, 2.45) is 0 Å². The molecule has 0 amide bonds. The zero-order valence-corrected chi connectivity index (χ0v) is 10.1. The molecule has 3 nitrogen and oxygen atoms in total. The van der Waals surface area contributed by atoms with E-state index in [-0.39, 0.29) is 6.10 Å². The second kappa shape index (κ2) is 5.32. The van der Waals surface area contributed by atoms with Gasteiger partial charge in [0.25, 0.3) is 0 Å². The summed E-state index contributed by atoms with van der Waals surface area (Å²) in [5.74, 6) is -1.20. The monoisotopic (exact) mass is 234 g/mol. The van der Waals surface area contributed by atoms with Gasteiger partial charge >= 0.3 is 5.97 Å². The van der Waals surface area contributed by atoms with Crippen molar-refractivity contribution in [3.63, 3.8) is 0 Å². The number of hydrogen-bond acceptors (Lipinski definition) is 2. The van der Waals surface area contributed by atoms with E-state index in [0.29, 0.717) is 6.42 Å². The summed E-state index contributed by atoms with van der Waals surface area (Å²) in [7, 11) is 0. The molecular weight excluding hydrogens is 216 g/mol. The van der Waals surface area contributed by atoms with Gasteiger partial charge < -0.3 is 9.84 Å². The molecule has 1 fully saturated rings. The van der Waals surface area contributed by atoms with Crippen molar-refractivity contribution in [3.8, 4) is 0 Å². The third-order valence-electron chi connectivity index (χ3n) is 3.38. The maximum Gasteiger partial charge on any atom is 0.311 e. The quantitative estimate of drug-likeness (QED) is 0.871. The lowest BCUT2D eigenvalue weighted by atomic mass is 9.89. The summed E-state index contributed by atoms with van der Waals surface area (Å²) >= 11 is 0. The first kappa shape index (κ1) is 12.1. The Labute approximate surface area is 101 Å². The van der Waals surface area contributed by atoms with Gasteiger partial charge in [0, 0.05) is 6.61 Å². The molecule has 17 heavy (non-hydrogen) atoms. The molecule has 3 heteroatoms. The Kier molecular flexibility index (Phi) is 3.79. The fraction of sp³-hybridized carbons (Fsp3) is 0.500. The molecule has 0 spiro atoms. The van der Waals surface area contributed by atoms with Crippen LogP contribution in [0.3, 0.4) is 0 Å².